The van der Waals surface area contributed by atoms with Crippen LogP contribution in [-0.2, 0) is 11.3 Å². The number of carboxylic acids is 1. The Hall–Kier alpha value is -3.49. The third kappa shape index (κ3) is 4.81. The van der Waals surface area contributed by atoms with Crippen LogP contribution in [0.2, 0.25) is 0 Å². The zero-order chi connectivity index (χ0) is 20.1. The van der Waals surface area contributed by atoms with Crippen LogP contribution >= 0.6 is 0 Å². The van der Waals surface area contributed by atoms with Crippen molar-refractivity contribution < 1.29 is 19.4 Å². The Morgan fingerprint density at radius 1 is 1.18 bits per heavy atom. The lowest BCUT2D eigenvalue weighted by atomic mass is 10.2. The highest BCUT2D eigenvalue weighted by Gasteiger charge is 2.14. The molecule has 1 amide bonds. The van der Waals surface area contributed by atoms with Crippen LogP contribution in [0.15, 0.2) is 30.3 Å². The molecule has 3 rings (SSSR count). The third-order valence-electron chi connectivity index (χ3n) is 4.00. The Morgan fingerprint density at radius 3 is 2.64 bits per heavy atom. The minimum Gasteiger partial charge on any atom is -0.494 e. The predicted octanol–water partition coefficient (Wildman–Crippen LogP) is 1.91. The minimum atomic E-state index is -0.837. The molecule has 9 heteroatoms. The summed E-state index contributed by atoms with van der Waals surface area (Å²) in [6.45, 7) is 4.40. The van der Waals surface area contributed by atoms with E-state index in [0.717, 1.165) is 17.0 Å². The van der Waals surface area contributed by atoms with Crippen molar-refractivity contribution in [3.8, 4) is 5.75 Å². The molecule has 1 aromatic carbocycles. The molecule has 0 spiro atoms. The number of aryl methyl sites for hydroxylation is 2. The number of nitrogens with one attached hydrogen (secondary N) is 1. The van der Waals surface area contributed by atoms with Crippen molar-refractivity contribution in [2.45, 2.75) is 33.2 Å². The van der Waals surface area contributed by atoms with Crippen molar-refractivity contribution >= 4 is 17.7 Å². The van der Waals surface area contributed by atoms with Gasteiger partial charge in [-0.05, 0) is 44.0 Å². The van der Waals surface area contributed by atoms with Crippen molar-refractivity contribution in [1.29, 1.82) is 0 Å². The maximum atomic E-state index is 12.3. The van der Waals surface area contributed by atoms with Crippen molar-refractivity contribution in [3.63, 3.8) is 0 Å². The van der Waals surface area contributed by atoms with Gasteiger partial charge in [-0.25, -0.2) is 9.50 Å². The van der Waals surface area contributed by atoms with Gasteiger partial charge in [-0.3, -0.25) is 9.59 Å². The molecular weight excluding hydrogens is 362 g/mol. The predicted molar refractivity (Wildman–Crippen MR) is 100 cm³/mol. The molecule has 2 N–H and O–H groups in total. The van der Waals surface area contributed by atoms with Crippen LogP contribution in [-0.4, -0.2) is 43.2 Å². The highest BCUT2D eigenvalue weighted by atomic mass is 16.5. The molecule has 3 aromatic rings. The second-order valence-electron chi connectivity index (χ2n) is 6.36. The van der Waals surface area contributed by atoms with Gasteiger partial charge in [-0.2, -0.15) is 4.98 Å². The van der Waals surface area contributed by atoms with Crippen LogP contribution < -0.4 is 10.1 Å². The summed E-state index contributed by atoms with van der Waals surface area (Å²) in [5.41, 5.74) is 2.56. The number of rotatable bonds is 8. The summed E-state index contributed by atoms with van der Waals surface area (Å²) in [5.74, 6) is -0.0987. The van der Waals surface area contributed by atoms with Crippen LogP contribution in [0.3, 0.4) is 0 Å². The van der Waals surface area contributed by atoms with E-state index in [1.807, 2.05) is 32.0 Å². The summed E-state index contributed by atoms with van der Waals surface area (Å²) in [5, 5.41) is 15.6. The van der Waals surface area contributed by atoms with Gasteiger partial charge in [-0.15, -0.1) is 5.10 Å². The van der Waals surface area contributed by atoms with E-state index in [1.54, 1.807) is 16.6 Å². The van der Waals surface area contributed by atoms with Gasteiger partial charge >= 0.3 is 5.97 Å². The minimum absolute atomic E-state index is 0.0691. The number of fused-ring (bicyclic) bond motifs is 1. The molecule has 0 aliphatic carbocycles. The molecule has 28 heavy (non-hydrogen) atoms. The highest BCUT2D eigenvalue weighted by molar-refractivity contribution is 5.90. The molecule has 0 saturated carbocycles. The van der Waals surface area contributed by atoms with Crippen LogP contribution in [0.4, 0.5) is 0 Å². The quantitative estimate of drug-likeness (QED) is 0.570. The standard InChI is InChI=1S/C19H21N5O4/c1-12-10-13(2)24-19(21-12)22-17(23-24)18(27)20-11-14-5-7-15(8-6-14)28-9-3-4-16(25)26/h5-8,10H,3-4,9,11H2,1-2H3,(H,20,27)(H,25,26). The van der Waals surface area contributed by atoms with E-state index in [9.17, 15) is 9.59 Å². The van der Waals surface area contributed by atoms with E-state index >= 15 is 0 Å². The Bertz CT molecular complexity index is 997. The molecule has 0 aliphatic rings. The lowest BCUT2D eigenvalue weighted by Crippen LogP contribution is -2.24. The number of ether oxygens (including phenoxy) is 1. The molecule has 0 radical (unpaired) electrons. The van der Waals surface area contributed by atoms with Gasteiger partial charge in [0.15, 0.2) is 0 Å². The van der Waals surface area contributed by atoms with Gasteiger partial charge in [0.2, 0.25) is 5.82 Å². The van der Waals surface area contributed by atoms with E-state index in [4.69, 9.17) is 9.84 Å². The molecule has 146 valence electrons. The number of hydrogen-bond acceptors (Lipinski definition) is 6. The largest absolute Gasteiger partial charge is 0.494 e. The number of aliphatic carboxylic acids is 1. The number of carbonyl (C=O) groups is 2. The summed E-state index contributed by atoms with van der Waals surface area (Å²) in [7, 11) is 0. The smallest absolute Gasteiger partial charge is 0.303 e. The fraction of sp³-hybridized carbons (Fsp3) is 0.316. The number of amides is 1. The number of hydrogen-bond donors (Lipinski definition) is 2. The van der Waals surface area contributed by atoms with Crippen LogP contribution in [0, 0.1) is 13.8 Å². The Kier molecular flexibility index (Phi) is 5.83. The third-order valence-corrected chi connectivity index (χ3v) is 4.00. The first-order chi connectivity index (χ1) is 13.4. The fourth-order valence-electron chi connectivity index (χ4n) is 2.64. The highest BCUT2D eigenvalue weighted by Crippen LogP contribution is 2.13. The fourth-order valence-corrected chi connectivity index (χ4v) is 2.64. The number of carbonyl (C=O) groups excluding carboxylic acids is 1. The average molecular weight is 383 g/mol. The average Bonchev–Trinajstić information content (AvgIpc) is 3.08. The first kappa shape index (κ1) is 19.3. The monoisotopic (exact) mass is 383 g/mol. The number of nitrogens with zero attached hydrogens (tertiary/aromatic N) is 4. The Labute approximate surface area is 161 Å². The number of benzene rings is 1. The topological polar surface area (TPSA) is 119 Å². The molecule has 9 nitrogen and oxygen atoms in total. The van der Waals surface area contributed by atoms with Gasteiger partial charge in [0.05, 0.1) is 6.61 Å². The van der Waals surface area contributed by atoms with Gasteiger partial charge in [0.1, 0.15) is 5.75 Å². The van der Waals surface area contributed by atoms with Crippen LogP contribution in [0.5, 0.6) is 5.75 Å². The maximum Gasteiger partial charge on any atom is 0.303 e. The molecule has 0 aliphatic heterocycles. The van der Waals surface area contributed by atoms with Crippen molar-refractivity contribution in [2.24, 2.45) is 0 Å². The molecule has 2 aromatic heterocycles. The summed E-state index contributed by atoms with van der Waals surface area (Å²) < 4.78 is 7.02. The lowest BCUT2D eigenvalue weighted by Gasteiger charge is -2.07. The van der Waals surface area contributed by atoms with Crippen LogP contribution in [0.1, 0.15) is 40.4 Å². The molecular formula is C19H21N5O4. The maximum absolute atomic E-state index is 12.3. The van der Waals surface area contributed by atoms with Gasteiger partial charge < -0.3 is 15.2 Å². The van der Waals surface area contributed by atoms with Crippen LogP contribution in [0.25, 0.3) is 5.78 Å². The first-order valence-corrected chi connectivity index (χ1v) is 8.85. The van der Waals surface area contributed by atoms with Crippen molar-refractivity contribution in [1.82, 2.24) is 24.9 Å². The van der Waals surface area contributed by atoms with E-state index in [0.29, 0.717) is 31.1 Å². The first-order valence-electron chi connectivity index (χ1n) is 8.85. The second-order valence-corrected chi connectivity index (χ2v) is 6.36. The molecule has 0 unspecified atom stereocenters. The van der Waals surface area contributed by atoms with E-state index in [2.05, 4.69) is 20.4 Å². The zero-order valence-corrected chi connectivity index (χ0v) is 15.7. The van der Waals surface area contributed by atoms with Crippen molar-refractivity contribution in [2.75, 3.05) is 6.61 Å². The number of carboxylic acid groups (broad SMARTS) is 1. The van der Waals surface area contributed by atoms with E-state index in [1.165, 1.54) is 0 Å². The second kappa shape index (κ2) is 8.47. The van der Waals surface area contributed by atoms with Gasteiger partial charge in [0, 0.05) is 24.4 Å². The van der Waals surface area contributed by atoms with Gasteiger partial charge in [0.25, 0.3) is 11.7 Å². The molecule has 0 bridgehead atoms. The summed E-state index contributed by atoms with van der Waals surface area (Å²) in [6, 6.07) is 9.09. The van der Waals surface area contributed by atoms with Crippen molar-refractivity contribution in [3.05, 3.63) is 53.1 Å². The summed E-state index contributed by atoms with van der Waals surface area (Å²) in [4.78, 5) is 31.2. The Morgan fingerprint density at radius 2 is 1.93 bits per heavy atom. The number of aromatic nitrogens is 4. The summed E-state index contributed by atoms with van der Waals surface area (Å²) >= 11 is 0. The molecule has 2 heterocycles. The molecule has 0 atom stereocenters. The normalized spacial score (nSPS) is 10.8. The Balaban J connectivity index is 1.54. The molecule has 0 fully saturated rings. The zero-order valence-electron chi connectivity index (χ0n) is 15.7. The summed E-state index contributed by atoms with van der Waals surface area (Å²) in [6.07, 6.45) is 0.531. The lowest BCUT2D eigenvalue weighted by molar-refractivity contribution is -0.137. The van der Waals surface area contributed by atoms with Gasteiger partial charge in [-0.1, -0.05) is 12.1 Å². The molecule has 0 saturated heterocycles. The van der Waals surface area contributed by atoms with E-state index < -0.39 is 5.97 Å². The van der Waals surface area contributed by atoms with E-state index in [-0.39, 0.29) is 18.2 Å². The SMILES string of the molecule is Cc1cc(C)n2nc(C(=O)NCc3ccc(OCCCC(=O)O)cc3)nc2n1.